The summed E-state index contributed by atoms with van der Waals surface area (Å²) < 4.78 is 10.2. The SMILES string of the molecule is COc1ccc(Nc2[nH]c3ccc(OC)cc3c(=O)c2C#N)cc1. The number of benzene rings is 2. The Balaban J connectivity index is 2.10. The lowest BCUT2D eigenvalue weighted by Gasteiger charge is -2.11. The van der Waals surface area contributed by atoms with Crippen molar-refractivity contribution in [1.82, 2.24) is 4.98 Å². The van der Waals surface area contributed by atoms with E-state index in [0.717, 1.165) is 11.4 Å². The van der Waals surface area contributed by atoms with Gasteiger partial charge in [-0.3, -0.25) is 4.79 Å². The second kappa shape index (κ2) is 6.34. The third-order valence-electron chi connectivity index (χ3n) is 3.68. The molecule has 2 aromatic carbocycles. The molecule has 6 nitrogen and oxygen atoms in total. The van der Waals surface area contributed by atoms with E-state index in [-0.39, 0.29) is 11.0 Å². The van der Waals surface area contributed by atoms with E-state index in [1.54, 1.807) is 49.6 Å². The molecule has 1 aromatic heterocycles. The minimum Gasteiger partial charge on any atom is -0.497 e. The number of rotatable bonds is 4. The van der Waals surface area contributed by atoms with Crippen LogP contribution in [0, 0.1) is 11.3 Å². The van der Waals surface area contributed by atoms with Crippen molar-refractivity contribution in [2.45, 2.75) is 0 Å². The van der Waals surface area contributed by atoms with Crippen LogP contribution in [0.2, 0.25) is 0 Å². The Labute approximate surface area is 138 Å². The predicted octanol–water partition coefficient (Wildman–Crippen LogP) is 3.16. The van der Waals surface area contributed by atoms with Gasteiger partial charge in [-0.15, -0.1) is 0 Å². The number of aromatic amines is 1. The molecule has 0 saturated carbocycles. The highest BCUT2D eigenvalue weighted by atomic mass is 16.5. The molecule has 3 rings (SSSR count). The maximum Gasteiger partial charge on any atom is 0.209 e. The lowest BCUT2D eigenvalue weighted by molar-refractivity contribution is 0.415. The maximum absolute atomic E-state index is 12.6. The molecule has 1 heterocycles. The van der Waals surface area contributed by atoms with E-state index >= 15 is 0 Å². The molecule has 6 heteroatoms. The highest BCUT2D eigenvalue weighted by Crippen LogP contribution is 2.23. The second-order valence-electron chi connectivity index (χ2n) is 5.08. The molecular weight excluding hydrogens is 306 g/mol. The molecule has 0 bridgehead atoms. The van der Waals surface area contributed by atoms with E-state index in [4.69, 9.17) is 9.47 Å². The van der Waals surface area contributed by atoms with Gasteiger partial charge < -0.3 is 19.8 Å². The van der Waals surface area contributed by atoms with E-state index in [0.29, 0.717) is 22.5 Å². The fourth-order valence-electron chi connectivity index (χ4n) is 2.41. The Morgan fingerprint density at radius 2 is 1.71 bits per heavy atom. The molecule has 0 amide bonds. The molecule has 0 saturated heterocycles. The average molecular weight is 321 g/mol. The summed E-state index contributed by atoms with van der Waals surface area (Å²) in [5.74, 6) is 1.64. The van der Waals surface area contributed by atoms with Gasteiger partial charge in [0, 0.05) is 5.69 Å². The standard InChI is InChI=1S/C18H15N3O3/c1-23-12-5-3-11(4-6-12)20-18-15(10-19)17(22)14-9-13(24-2)7-8-16(14)21-18/h3-9H,1-2H3,(H2,20,21,22). The summed E-state index contributed by atoms with van der Waals surface area (Å²) in [6, 6.07) is 14.3. The first-order valence-corrected chi connectivity index (χ1v) is 7.21. The van der Waals surface area contributed by atoms with E-state index < -0.39 is 0 Å². The van der Waals surface area contributed by atoms with Crippen molar-refractivity contribution in [3.8, 4) is 17.6 Å². The van der Waals surface area contributed by atoms with Crippen LogP contribution in [0.4, 0.5) is 11.5 Å². The molecule has 3 aromatic rings. The average Bonchev–Trinajstić information content (AvgIpc) is 2.62. The molecular formula is C18H15N3O3. The Bertz CT molecular complexity index is 985. The molecule has 2 N–H and O–H groups in total. The molecule has 0 aliphatic heterocycles. The third-order valence-corrected chi connectivity index (χ3v) is 3.68. The number of aromatic nitrogens is 1. The van der Waals surface area contributed by atoms with E-state index in [1.807, 2.05) is 6.07 Å². The van der Waals surface area contributed by atoms with Gasteiger partial charge >= 0.3 is 0 Å². The number of nitrogens with zero attached hydrogens (tertiary/aromatic N) is 1. The lowest BCUT2D eigenvalue weighted by Crippen LogP contribution is -2.12. The fraction of sp³-hybridized carbons (Fsp3) is 0.111. The van der Waals surface area contributed by atoms with Crippen LogP contribution in [0.15, 0.2) is 47.3 Å². The van der Waals surface area contributed by atoms with Crippen molar-refractivity contribution >= 4 is 22.4 Å². The monoisotopic (exact) mass is 321 g/mol. The van der Waals surface area contributed by atoms with Crippen LogP contribution in [0.5, 0.6) is 11.5 Å². The molecule has 0 radical (unpaired) electrons. The minimum absolute atomic E-state index is 0.0200. The number of nitrogens with one attached hydrogen (secondary N) is 2. The van der Waals surface area contributed by atoms with Gasteiger partial charge in [0.25, 0.3) is 0 Å². The predicted molar refractivity (Wildman–Crippen MR) is 92.1 cm³/mol. The van der Waals surface area contributed by atoms with Crippen LogP contribution in [0.25, 0.3) is 10.9 Å². The number of hydrogen-bond donors (Lipinski definition) is 2. The Kier molecular flexibility index (Phi) is 4.08. The smallest absolute Gasteiger partial charge is 0.209 e. The van der Waals surface area contributed by atoms with Crippen LogP contribution in [0.1, 0.15) is 5.56 Å². The van der Waals surface area contributed by atoms with Gasteiger partial charge in [-0.05, 0) is 42.5 Å². The van der Waals surface area contributed by atoms with Gasteiger partial charge in [-0.2, -0.15) is 5.26 Å². The van der Waals surface area contributed by atoms with Crippen molar-refractivity contribution in [3.05, 3.63) is 58.3 Å². The Morgan fingerprint density at radius 3 is 2.33 bits per heavy atom. The van der Waals surface area contributed by atoms with Gasteiger partial charge in [0.05, 0.1) is 25.1 Å². The normalized spacial score (nSPS) is 10.2. The quantitative estimate of drug-likeness (QED) is 0.771. The first-order valence-electron chi connectivity index (χ1n) is 7.21. The Hall–Kier alpha value is -3.46. The van der Waals surface area contributed by atoms with Crippen molar-refractivity contribution in [1.29, 1.82) is 5.26 Å². The van der Waals surface area contributed by atoms with Gasteiger partial charge in [-0.25, -0.2) is 0 Å². The first kappa shape index (κ1) is 15.4. The molecule has 0 unspecified atom stereocenters. The minimum atomic E-state index is -0.346. The maximum atomic E-state index is 12.6. The highest BCUT2D eigenvalue weighted by Gasteiger charge is 2.13. The van der Waals surface area contributed by atoms with Crippen LogP contribution in [-0.4, -0.2) is 19.2 Å². The summed E-state index contributed by atoms with van der Waals surface area (Å²) in [7, 11) is 3.12. The highest BCUT2D eigenvalue weighted by molar-refractivity contribution is 5.84. The number of ether oxygens (including phenoxy) is 2. The Morgan fingerprint density at radius 1 is 1.04 bits per heavy atom. The summed E-state index contributed by atoms with van der Waals surface area (Å²) in [4.78, 5) is 15.7. The third kappa shape index (κ3) is 2.75. The summed E-state index contributed by atoms with van der Waals surface area (Å²) in [5, 5.41) is 12.9. The van der Waals surface area contributed by atoms with E-state index in [2.05, 4.69) is 10.3 Å². The van der Waals surface area contributed by atoms with Crippen molar-refractivity contribution < 1.29 is 9.47 Å². The van der Waals surface area contributed by atoms with E-state index in [9.17, 15) is 10.1 Å². The molecule has 0 aliphatic carbocycles. The first-order chi connectivity index (χ1) is 11.7. The zero-order valence-electron chi connectivity index (χ0n) is 13.2. The van der Waals surface area contributed by atoms with Crippen molar-refractivity contribution in [3.63, 3.8) is 0 Å². The fourth-order valence-corrected chi connectivity index (χ4v) is 2.41. The van der Waals surface area contributed by atoms with Crippen molar-refractivity contribution in [2.75, 3.05) is 19.5 Å². The molecule has 24 heavy (non-hydrogen) atoms. The number of pyridine rings is 1. The number of anilines is 2. The van der Waals surface area contributed by atoms with Gasteiger partial charge in [-0.1, -0.05) is 0 Å². The summed E-state index contributed by atoms with van der Waals surface area (Å²) in [6.07, 6.45) is 0. The number of fused-ring (bicyclic) bond motifs is 1. The molecule has 0 aliphatic rings. The zero-order chi connectivity index (χ0) is 17.1. The van der Waals surface area contributed by atoms with Crippen LogP contribution in [0.3, 0.4) is 0 Å². The largest absolute Gasteiger partial charge is 0.497 e. The number of hydrogen-bond acceptors (Lipinski definition) is 5. The molecule has 0 atom stereocenters. The summed E-state index contributed by atoms with van der Waals surface area (Å²) in [5.41, 5.74) is 1.03. The van der Waals surface area contributed by atoms with Gasteiger partial charge in [0.15, 0.2) is 0 Å². The van der Waals surface area contributed by atoms with Crippen LogP contribution in [-0.2, 0) is 0 Å². The second-order valence-corrected chi connectivity index (χ2v) is 5.08. The van der Waals surface area contributed by atoms with Gasteiger partial charge in [0.1, 0.15) is 28.9 Å². The van der Waals surface area contributed by atoms with Crippen LogP contribution >= 0.6 is 0 Å². The van der Waals surface area contributed by atoms with Gasteiger partial charge in [0.2, 0.25) is 5.43 Å². The number of H-pyrrole nitrogens is 1. The van der Waals surface area contributed by atoms with Crippen molar-refractivity contribution in [2.24, 2.45) is 0 Å². The van der Waals surface area contributed by atoms with E-state index in [1.165, 1.54) is 7.11 Å². The van der Waals surface area contributed by atoms with Crippen LogP contribution < -0.4 is 20.2 Å². The summed E-state index contributed by atoms with van der Waals surface area (Å²) in [6.45, 7) is 0. The number of nitriles is 1. The lowest BCUT2D eigenvalue weighted by atomic mass is 10.1. The topological polar surface area (TPSA) is 87.1 Å². The molecule has 120 valence electrons. The molecule has 0 fully saturated rings. The molecule has 0 spiro atoms. The zero-order valence-corrected chi connectivity index (χ0v) is 13.2. The number of methoxy groups -OCH3 is 2. The summed E-state index contributed by atoms with van der Waals surface area (Å²) >= 11 is 0.